The Kier molecular flexibility index (Phi) is 3.36. The molecule has 0 fully saturated rings. The number of benzene rings is 1. The highest BCUT2D eigenvalue weighted by atomic mass is 35.5. The summed E-state index contributed by atoms with van der Waals surface area (Å²) >= 11 is 7.37. The Bertz CT molecular complexity index is 496. The largest absolute Gasteiger partial charge is 0.488 e. The van der Waals surface area contributed by atoms with Gasteiger partial charge in [-0.2, -0.15) is 0 Å². The number of ether oxygens (including phenoxy) is 1. The zero-order valence-corrected chi connectivity index (χ0v) is 10.4. The van der Waals surface area contributed by atoms with E-state index < -0.39 is 0 Å². The van der Waals surface area contributed by atoms with Gasteiger partial charge in [-0.05, 0) is 42.8 Å². The van der Waals surface area contributed by atoms with Gasteiger partial charge in [-0.1, -0.05) is 11.6 Å². The molecule has 0 atom stereocenters. The first kappa shape index (κ1) is 11.3. The molecule has 0 bridgehead atoms. The first-order chi connectivity index (χ1) is 7.65. The van der Waals surface area contributed by atoms with Crippen molar-refractivity contribution in [2.75, 3.05) is 5.73 Å². The van der Waals surface area contributed by atoms with Crippen molar-refractivity contribution >= 4 is 28.6 Å². The Hall–Kier alpha value is -1.19. The van der Waals surface area contributed by atoms with E-state index in [4.69, 9.17) is 22.1 Å². The molecule has 1 aromatic carbocycles. The molecule has 0 unspecified atom stereocenters. The highest BCUT2D eigenvalue weighted by Gasteiger charge is 2.02. The van der Waals surface area contributed by atoms with Crippen molar-refractivity contribution in [1.29, 1.82) is 0 Å². The lowest BCUT2D eigenvalue weighted by molar-refractivity contribution is 0.308. The first-order valence-corrected chi connectivity index (χ1v) is 6.08. The fourth-order valence-corrected chi connectivity index (χ4v) is 2.41. The number of hydrogen-bond acceptors (Lipinski definition) is 3. The van der Waals surface area contributed by atoms with Gasteiger partial charge in [0.15, 0.2) is 0 Å². The maximum Gasteiger partial charge on any atom is 0.123 e. The molecular weight excluding hydrogens is 242 g/mol. The van der Waals surface area contributed by atoms with Crippen LogP contribution in [0.5, 0.6) is 5.75 Å². The predicted octanol–water partition coefficient (Wildman–Crippen LogP) is 3.87. The number of aryl methyl sites for hydroxylation is 1. The van der Waals surface area contributed by atoms with E-state index in [0.717, 1.165) is 26.2 Å². The minimum atomic E-state index is 0.544. The second-order valence-corrected chi connectivity index (χ2v) is 5.32. The van der Waals surface area contributed by atoms with E-state index in [1.807, 2.05) is 37.3 Å². The Balaban J connectivity index is 2.04. The summed E-state index contributed by atoms with van der Waals surface area (Å²) in [6.07, 6.45) is 0. The maximum atomic E-state index is 5.84. The molecule has 1 heterocycles. The molecule has 84 valence electrons. The van der Waals surface area contributed by atoms with Gasteiger partial charge in [0, 0.05) is 10.6 Å². The highest BCUT2D eigenvalue weighted by Crippen LogP contribution is 2.25. The number of halogens is 1. The van der Waals surface area contributed by atoms with E-state index in [1.54, 1.807) is 0 Å². The molecule has 0 aliphatic rings. The van der Waals surface area contributed by atoms with Gasteiger partial charge in [-0.15, -0.1) is 11.3 Å². The number of nitrogen functional groups attached to an aromatic ring is 1. The van der Waals surface area contributed by atoms with E-state index >= 15 is 0 Å². The minimum absolute atomic E-state index is 0.544. The minimum Gasteiger partial charge on any atom is -0.488 e. The summed E-state index contributed by atoms with van der Waals surface area (Å²) in [7, 11) is 0. The zero-order valence-electron chi connectivity index (χ0n) is 8.87. The van der Waals surface area contributed by atoms with Crippen LogP contribution in [0.3, 0.4) is 0 Å². The van der Waals surface area contributed by atoms with Crippen LogP contribution in [-0.4, -0.2) is 0 Å². The Morgan fingerprint density at radius 2 is 2.12 bits per heavy atom. The van der Waals surface area contributed by atoms with Gasteiger partial charge in [-0.3, -0.25) is 0 Å². The van der Waals surface area contributed by atoms with Crippen LogP contribution in [0.1, 0.15) is 10.4 Å². The van der Waals surface area contributed by atoms with Crippen molar-refractivity contribution in [3.05, 3.63) is 45.1 Å². The maximum absolute atomic E-state index is 5.84. The molecule has 0 saturated heterocycles. The van der Waals surface area contributed by atoms with E-state index in [0.29, 0.717) is 6.61 Å². The molecule has 2 rings (SSSR count). The molecule has 1 aromatic heterocycles. The Morgan fingerprint density at radius 3 is 2.75 bits per heavy atom. The van der Waals surface area contributed by atoms with Crippen molar-refractivity contribution in [2.45, 2.75) is 13.5 Å². The van der Waals surface area contributed by atoms with Gasteiger partial charge in [0.1, 0.15) is 12.4 Å². The van der Waals surface area contributed by atoms with Gasteiger partial charge >= 0.3 is 0 Å². The monoisotopic (exact) mass is 253 g/mol. The third-order valence-corrected chi connectivity index (χ3v) is 3.40. The lowest BCUT2D eigenvalue weighted by atomic mass is 10.2. The first-order valence-electron chi connectivity index (χ1n) is 4.88. The normalized spacial score (nSPS) is 10.4. The van der Waals surface area contributed by atoms with Crippen molar-refractivity contribution in [3.63, 3.8) is 0 Å². The smallest absolute Gasteiger partial charge is 0.123 e. The Morgan fingerprint density at radius 1 is 1.31 bits per heavy atom. The Labute approximate surface area is 104 Å². The summed E-state index contributed by atoms with van der Waals surface area (Å²) in [6.45, 7) is 2.52. The van der Waals surface area contributed by atoms with Gasteiger partial charge in [0.25, 0.3) is 0 Å². The fourth-order valence-electron chi connectivity index (χ4n) is 1.41. The average molecular weight is 254 g/mol. The van der Waals surface area contributed by atoms with Crippen molar-refractivity contribution < 1.29 is 4.74 Å². The quantitative estimate of drug-likeness (QED) is 0.843. The topological polar surface area (TPSA) is 35.2 Å². The highest BCUT2D eigenvalue weighted by molar-refractivity contribution is 7.16. The van der Waals surface area contributed by atoms with Gasteiger partial charge < -0.3 is 10.5 Å². The molecule has 0 radical (unpaired) electrons. The summed E-state index contributed by atoms with van der Waals surface area (Å²) in [5.41, 5.74) is 7.47. The fraction of sp³-hybridized carbons (Fsp3) is 0.167. The molecule has 0 spiro atoms. The number of thiophene rings is 1. The lowest BCUT2D eigenvalue weighted by Crippen LogP contribution is -1.95. The molecule has 2 nitrogen and oxygen atoms in total. The van der Waals surface area contributed by atoms with Crippen molar-refractivity contribution in [3.8, 4) is 5.75 Å². The number of nitrogens with two attached hydrogens (primary N) is 1. The summed E-state index contributed by atoms with van der Waals surface area (Å²) in [5.74, 6) is 0.860. The summed E-state index contributed by atoms with van der Waals surface area (Å²) < 4.78 is 6.47. The second kappa shape index (κ2) is 4.76. The molecule has 0 saturated carbocycles. The van der Waals surface area contributed by atoms with Crippen LogP contribution in [-0.2, 0) is 6.61 Å². The molecule has 0 aliphatic carbocycles. The summed E-state index contributed by atoms with van der Waals surface area (Å²) in [6, 6.07) is 9.47. The average Bonchev–Trinajstić information content (AvgIpc) is 2.63. The number of anilines is 1. The van der Waals surface area contributed by atoms with Crippen LogP contribution in [0.2, 0.25) is 4.34 Å². The third-order valence-electron chi connectivity index (χ3n) is 2.20. The van der Waals surface area contributed by atoms with E-state index in [2.05, 4.69) is 0 Å². The van der Waals surface area contributed by atoms with E-state index in [9.17, 15) is 0 Å². The van der Waals surface area contributed by atoms with Crippen LogP contribution in [0.15, 0.2) is 30.3 Å². The van der Waals surface area contributed by atoms with Crippen LogP contribution in [0, 0.1) is 6.92 Å². The SMILES string of the molecule is Cc1cc(N)ccc1OCc1ccc(Cl)s1. The van der Waals surface area contributed by atoms with Crippen molar-refractivity contribution in [1.82, 2.24) is 0 Å². The van der Waals surface area contributed by atoms with Gasteiger partial charge in [0.2, 0.25) is 0 Å². The lowest BCUT2D eigenvalue weighted by Gasteiger charge is -2.08. The standard InChI is InChI=1S/C12H12ClNOS/c1-8-6-9(14)2-4-11(8)15-7-10-3-5-12(13)16-10/h2-6H,7,14H2,1H3. The number of rotatable bonds is 3. The zero-order chi connectivity index (χ0) is 11.5. The van der Waals surface area contributed by atoms with E-state index in [1.165, 1.54) is 11.3 Å². The molecule has 2 N–H and O–H groups in total. The predicted molar refractivity (Wildman–Crippen MR) is 69.3 cm³/mol. The molecule has 0 aliphatic heterocycles. The number of hydrogen-bond donors (Lipinski definition) is 1. The molecular formula is C12H12ClNOS. The molecule has 0 amide bonds. The van der Waals surface area contributed by atoms with Crippen LogP contribution < -0.4 is 10.5 Å². The van der Waals surface area contributed by atoms with Crippen LogP contribution in [0.4, 0.5) is 5.69 Å². The van der Waals surface area contributed by atoms with Crippen molar-refractivity contribution in [2.24, 2.45) is 0 Å². The van der Waals surface area contributed by atoms with E-state index in [-0.39, 0.29) is 0 Å². The third kappa shape index (κ3) is 2.68. The molecule has 4 heteroatoms. The van der Waals surface area contributed by atoms with Crippen LogP contribution >= 0.6 is 22.9 Å². The second-order valence-electron chi connectivity index (χ2n) is 3.52. The molecule has 2 aromatic rings. The van der Waals surface area contributed by atoms with Crippen LogP contribution in [0.25, 0.3) is 0 Å². The summed E-state index contributed by atoms with van der Waals surface area (Å²) in [4.78, 5) is 1.11. The van der Waals surface area contributed by atoms with Gasteiger partial charge in [-0.25, -0.2) is 0 Å². The van der Waals surface area contributed by atoms with Gasteiger partial charge in [0.05, 0.1) is 4.34 Å². The summed E-state index contributed by atoms with van der Waals surface area (Å²) in [5, 5.41) is 0. The molecule has 16 heavy (non-hydrogen) atoms.